The van der Waals surface area contributed by atoms with Gasteiger partial charge in [0.25, 0.3) is 5.91 Å². The Bertz CT molecular complexity index is 671. The summed E-state index contributed by atoms with van der Waals surface area (Å²) in [5, 5.41) is 3.32. The summed E-state index contributed by atoms with van der Waals surface area (Å²) < 4.78 is 6.43. The van der Waals surface area contributed by atoms with Crippen molar-refractivity contribution < 1.29 is 9.53 Å². The van der Waals surface area contributed by atoms with Gasteiger partial charge in [0.2, 0.25) is 0 Å². The molecule has 2 aromatic carbocycles. The summed E-state index contributed by atoms with van der Waals surface area (Å²) in [6, 6.07) is 11.3. The summed E-state index contributed by atoms with van der Waals surface area (Å²) in [5.41, 5.74) is 1.65. The Morgan fingerprint density at radius 2 is 2.09 bits per heavy atom. The van der Waals surface area contributed by atoms with Gasteiger partial charge in [0, 0.05) is 9.37 Å². The number of thioether (sulfide) groups is 1. The lowest BCUT2D eigenvalue weighted by Crippen LogP contribution is -2.20. The molecule has 0 saturated carbocycles. The molecule has 3 nitrogen and oxygen atoms in total. The highest BCUT2D eigenvalue weighted by atomic mass is 79.9. The predicted molar refractivity (Wildman–Crippen MR) is 96.2 cm³/mol. The molecule has 0 aromatic heterocycles. The first-order chi connectivity index (χ1) is 10.5. The number of amides is 1. The minimum absolute atomic E-state index is 0.0924. The van der Waals surface area contributed by atoms with Crippen molar-refractivity contribution in [2.45, 2.75) is 11.8 Å². The number of carbonyl (C=O) groups is 1. The molecule has 0 unspecified atom stereocenters. The summed E-state index contributed by atoms with van der Waals surface area (Å²) in [6.45, 7) is 1.79. The summed E-state index contributed by atoms with van der Waals surface area (Å²) >= 11 is 11.1. The lowest BCUT2D eigenvalue weighted by Gasteiger charge is -2.13. The number of benzene rings is 2. The molecule has 0 atom stereocenters. The highest BCUT2D eigenvalue weighted by Gasteiger charge is 2.11. The van der Waals surface area contributed by atoms with Crippen LogP contribution in [0.25, 0.3) is 0 Å². The molecule has 0 aliphatic carbocycles. The second kappa shape index (κ2) is 7.90. The fraction of sp³-hybridized carbons (Fsp3) is 0.188. The third-order valence-corrected chi connectivity index (χ3v) is 4.46. The topological polar surface area (TPSA) is 38.3 Å². The zero-order valence-electron chi connectivity index (χ0n) is 12.2. The molecule has 6 heteroatoms. The van der Waals surface area contributed by atoms with Crippen LogP contribution in [0.1, 0.15) is 5.56 Å². The van der Waals surface area contributed by atoms with E-state index in [-0.39, 0.29) is 12.5 Å². The van der Waals surface area contributed by atoms with Crippen molar-refractivity contribution >= 4 is 50.9 Å². The van der Waals surface area contributed by atoms with Gasteiger partial charge in [0.1, 0.15) is 5.75 Å². The van der Waals surface area contributed by atoms with Gasteiger partial charge in [0.05, 0.1) is 10.7 Å². The fourth-order valence-corrected chi connectivity index (χ4v) is 3.52. The highest BCUT2D eigenvalue weighted by Crippen LogP contribution is 2.32. The molecular weight excluding hydrogens is 386 g/mol. The summed E-state index contributed by atoms with van der Waals surface area (Å²) in [6.07, 6.45) is 1.96. The Morgan fingerprint density at radius 1 is 1.36 bits per heavy atom. The molecule has 0 spiro atoms. The van der Waals surface area contributed by atoms with Crippen LogP contribution in [-0.4, -0.2) is 18.8 Å². The molecule has 2 aromatic rings. The molecule has 2 rings (SSSR count). The smallest absolute Gasteiger partial charge is 0.262 e. The number of carbonyl (C=O) groups excluding carboxylic acids is 1. The zero-order valence-corrected chi connectivity index (χ0v) is 15.3. The van der Waals surface area contributed by atoms with Crippen LogP contribution in [0.2, 0.25) is 5.02 Å². The summed E-state index contributed by atoms with van der Waals surface area (Å²) in [5.74, 6) is 0.304. The number of aryl methyl sites for hydroxylation is 1. The molecular formula is C16H15BrClNO2S. The van der Waals surface area contributed by atoms with Crippen LogP contribution in [0.3, 0.4) is 0 Å². The second-order valence-electron chi connectivity index (χ2n) is 4.57. The summed E-state index contributed by atoms with van der Waals surface area (Å²) in [7, 11) is 0. The van der Waals surface area contributed by atoms with Crippen molar-refractivity contribution in [2.75, 3.05) is 18.2 Å². The van der Waals surface area contributed by atoms with Crippen molar-refractivity contribution in [3.05, 3.63) is 51.5 Å². The third kappa shape index (κ3) is 4.41. The number of hydrogen-bond acceptors (Lipinski definition) is 3. The first-order valence-corrected chi connectivity index (χ1v) is 8.92. The van der Waals surface area contributed by atoms with Crippen molar-refractivity contribution in [3.63, 3.8) is 0 Å². The van der Waals surface area contributed by atoms with E-state index < -0.39 is 0 Å². The predicted octanol–water partition coefficient (Wildman–Crippen LogP) is 5.15. The van der Waals surface area contributed by atoms with Crippen LogP contribution in [0, 0.1) is 6.92 Å². The van der Waals surface area contributed by atoms with Gasteiger partial charge in [-0.1, -0.05) is 39.7 Å². The Kier molecular flexibility index (Phi) is 6.17. The fourth-order valence-electron chi connectivity index (χ4n) is 1.94. The Labute approximate surface area is 147 Å². The van der Waals surface area contributed by atoms with Gasteiger partial charge in [-0.15, -0.1) is 11.8 Å². The van der Waals surface area contributed by atoms with E-state index in [1.54, 1.807) is 17.8 Å². The average Bonchev–Trinajstić information content (AvgIpc) is 2.46. The van der Waals surface area contributed by atoms with Crippen LogP contribution in [0.5, 0.6) is 5.75 Å². The zero-order chi connectivity index (χ0) is 16.1. The van der Waals surface area contributed by atoms with E-state index in [1.165, 1.54) is 0 Å². The standard InChI is InChI=1S/C16H15BrClNO2S/c1-10-7-11(17)8-12(18)16(10)21-9-15(20)19-13-5-3-4-6-14(13)22-2/h3-8H,9H2,1-2H3,(H,19,20). The van der Waals surface area contributed by atoms with Crippen molar-refractivity contribution in [2.24, 2.45) is 0 Å². The SMILES string of the molecule is CSc1ccccc1NC(=O)COc1c(C)cc(Br)cc1Cl. The number of anilines is 1. The van der Waals surface area contributed by atoms with E-state index in [9.17, 15) is 4.79 Å². The van der Waals surface area contributed by atoms with Gasteiger partial charge in [0.15, 0.2) is 6.61 Å². The van der Waals surface area contributed by atoms with E-state index >= 15 is 0 Å². The number of para-hydroxylation sites is 1. The monoisotopic (exact) mass is 399 g/mol. The van der Waals surface area contributed by atoms with Gasteiger partial charge in [-0.25, -0.2) is 0 Å². The number of halogens is 2. The van der Waals surface area contributed by atoms with E-state index in [4.69, 9.17) is 16.3 Å². The lowest BCUT2D eigenvalue weighted by atomic mass is 10.2. The molecule has 0 radical (unpaired) electrons. The van der Waals surface area contributed by atoms with Crippen molar-refractivity contribution in [1.82, 2.24) is 0 Å². The largest absolute Gasteiger partial charge is 0.482 e. The summed E-state index contributed by atoms with van der Waals surface area (Å²) in [4.78, 5) is 13.1. The van der Waals surface area contributed by atoms with Gasteiger partial charge >= 0.3 is 0 Å². The molecule has 116 valence electrons. The van der Waals surface area contributed by atoms with E-state index in [1.807, 2.05) is 43.5 Å². The van der Waals surface area contributed by atoms with Gasteiger partial charge in [-0.05, 0) is 43.0 Å². The Balaban J connectivity index is 2.02. The second-order valence-corrected chi connectivity index (χ2v) is 6.74. The Morgan fingerprint density at radius 3 is 2.77 bits per heavy atom. The number of nitrogens with one attached hydrogen (secondary N) is 1. The maximum Gasteiger partial charge on any atom is 0.262 e. The maximum absolute atomic E-state index is 12.0. The molecule has 1 amide bonds. The van der Waals surface area contributed by atoms with Crippen molar-refractivity contribution in [3.8, 4) is 5.75 Å². The first-order valence-electron chi connectivity index (χ1n) is 6.52. The third-order valence-electron chi connectivity index (χ3n) is 2.92. The highest BCUT2D eigenvalue weighted by molar-refractivity contribution is 9.10. The molecule has 0 heterocycles. The minimum atomic E-state index is -0.222. The average molecular weight is 401 g/mol. The van der Waals surface area contributed by atoms with E-state index in [0.29, 0.717) is 10.8 Å². The Hall–Kier alpha value is -1.17. The molecule has 0 fully saturated rings. The quantitative estimate of drug-likeness (QED) is 0.705. The molecule has 0 aliphatic rings. The van der Waals surface area contributed by atoms with Gasteiger partial charge in [-0.3, -0.25) is 4.79 Å². The van der Waals surface area contributed by atoms with E-state index in [2.05, 4.69) is 21.2 Å². The number of ether oxygens (including phenoxy) is 1. The van der Waals surface area contributed by atoms with Crippen LogP contribution in [-0.2, 0) is 4.79 Å². The maximum atomic E-state index is 12.0. The first kappa shape index (κ1) is 17.2. The molecule has 0 bridgehead atoms. The van der Waals surface area contributed by atoms with Crippen LogP contribution >= 0.6 is 39.3 Å². The molecule has 0 aliphatic heterocycles. The van der Waals surface area contributed by atoms with Crippen molar-refractivity contribution in [1.29, 1.82) is 0 Å². The molecule has 1 N–H and O–H groups in total. The lowest BCUT2D eigenvalue weighted by molar-refractivity contribution is -0.118. The van der Waals surface area contributed by atoms with Crippen LogP contribution in [0.4, 0.5) is 5.69 Å². The van der Waals surface area contributed by atoms with Crippen LogP contribution in [0.15, 0.2) is 45.8 Å². The molecule has 0 saturated heterocycles. The van der Waals surface area contributed by atoms with E-state index in [0.717, 1.165) is 20.6 Å². The van der Waals surface area contributed by atoms with Gasteiger partial charge in [-0.2, -0.15) is 0 Å². The van der Waals surface area contributed by atoms with Gasteiger partial charge < -0.3 is 10.1 Å². The number of hydrogen-bond donors (Lipinski definition) is 1. The normalized spacial score (nSPS) is 10.4. The van der Waals surface area contributed by atoms with Crippen LogP contribution < -0.4 is 10.1 Å². The minimum Gasteiger partial charge on any atom is -0.482 e. The molecule has 22 heavy (non-hydrogen) atoms. The number of rotatable bonds is 5.